The van der Waals surface area contributed by atoms with Gasteiger partial charge in [0.2, 0.25) is 11.8 Å². The molecule has 28 heavy (non-hydrogen) atoms. The fourth-order valence-corrected chi connectivity index (χ4v) is 5.99. The third-order valence-electron chi connectivity index (χ3n) is 7.41. The molecule has 1 aromatic carbocycles. The van der Waals surface area contributed by atoms with Crippen molar-refractivity contribution in [2.75, 3.05) is 4.90 Å². The molecule has 0 radical (unpaired) electrons. The lowest BCUT2D eigenvalue weighted by molar-refractivity contribution is -0.124. The number of carbonyl (C=O) groups excluding carboxylic acids is 2. The summed E-state index contributed by atoms with van der Waals surface area (Å²) in [6.07, 6.45) is 5.42. The number of hydrogen-bond donors (Lipinski definition) is 0. The summed E-state index contributed by atoms with van der Waals surface area (Å²) in [5.74, 6) is 0.433. The van der Waals surface area contributed by atoms with Crippen molar-refractivity contribution in [3.05, 3.63) is 58.5 Å². The maximum atomic E-state index is 13.4. The van der Waals surface area contributed by atoms with Crippen molar-refractivity contribution in [2.24, 2.45) is 42.6 Å². The van der Waals surface area contributed by atoms with Crippen molar-refractivity contribution in [3.63, 3.8) is 0 Å². The number of para-hydroxylation sites is 1. The first-order valence-electron chi connectivity index (χ1n) is 9.91. The lowest BCUT2D eigenvalue weighted by atomic mass is 9.63. The van der Waals surface area contributed by atoms with Crippen molar-refractivity contribution in [2.45, 2.75) is 13.3 Å². The lowest BCUT2D eigenvalue weighted by Gasteiger charge is -2.37. The van der Waals surface area contributed by atoms with E-state index in [-0.39, 0.29) is 46.7 Å². The molecule has 4 aliphatic carbocycles. The molecular formula is C22H21N3O3. The van der Waals surface area contributed by atoms with Gasteiger partial charge in [-0.3, -0.25) is 19.1 Å². The number of anilines is 1. The minimum absolute atomic E-state index is 0.154. The van der Waals surface area contributed by atoms with E-state index in [9.17, 15) is 14.4 Å². The molecule has 6 nitrogen and oxygen atoms in total. The van der Waals surface area contributed by atoms with Crippen LogP contribution < -0.4 is 10.5 Å². The summed E-state index contributed by atoms with van der Waals surface area (Å²) in [7, 11) is 1.78. The molecule has 142 valence electrons. The molecule has 2 aromatic rings. The van der Waals surface area contributed by atoms with Crippen LogP contribution in [-0.4, -0.2) is 21.2 Å². The molecule has 2 bridgehead atoms. The Morgan fingerprint density at radius 2 is 1.46 bits per heavy atom. The first-order valence-corrected chi connectivity index (χ1v) is 9.91. The normalized spacial score (nSPS) is 34.7. The van der Waals surface area contributed by atoms with Crippen LogP contribution >= 0.6 is 0 Å². The zero-order chi connectivity index (χ0) is 19.3. The highest BCUT2D eigenvalue weighted by molar-refractivity contribution is 6.22. The number of allylic oxidation sites excluding steroid dienone is 2. The highest BCUT2D eigenvalue weighted by Gasteiger charge is 2.67. The molecule has 3 fully saturated rings. The average Bonchev–Trinajstić information content (AvgIpc) is 3.45. The molecule has 1 aliphatic heterocycles. The van der Waals surface area contributed by atoms with Crippen molar-refractivity contribution in [1.82, 2.24) is 9.36 Å². The van der Waals surface area contributed by atoms with E-state index < -0.39 is 0 Å². The van der Waals surface area contributed by atoms with Crippen LogP contribution in [0, 0.1) is 42.4 Å². The van der Waals surface area contributed by atoms with Crippen LogP contribution in [0.2, 0.25) is 0 Å². The van der Waals surface area contributed by atoms with E-state index in [1.54, 1.807) is 18.7 Å². The number of hydrogen-bond acceptors (Lipinski definition) is 3. The zero-order valence-electron chi connectivity index (χ0n) is 15.8. The van der Waals surface area contributed by atoms with Gasteiger partial charge in [-0.25, -0.2) is 9.58 Å². The van der Waals surface area contributed by atoms with Crippen LogP contribution in [0.4, 0.5) is 5.69 Å². The molecule has 2 saturated carbocycles. The second kappa shape index (κ2) is 5.13. The highest BCUT2D eigenvalue weighted by atomic mass is 16.2. The van der Waals surface area contributed by atoms with Crippen LogP contribution in [0.3, 0.4) is 0 Å². The summed E-state index contributed by atoms with van der Waals surface area (Å²) in [6.45, 7) is 1.79. The van der Waals surface area contributed by atoms with Crippen LogP contribution in [0.5, 0.6) is 0 Å². The number of aromatic nitrogens is 2. The maximum Gasteiger partial charge on any atom is 0.296 e. The Labute approximate surface area is 162 Å². The van der Waals surface area contributed by atoms with Crippen molar-refractivity contribution in [1.29, 1.82) is 0 Å². The lowest BCUT2D eigenvalue weighted by Crippen LogP contribution is -2.40. The molecule has 6 heteroatoms. The van der Waals surface area contributed by atoms with Crippen LogP contribution in [0.1, 0.15) is 12.1 Å². The molecule has 0 spiro atoms. The molecule has 1 aromatic heterocycles. The van der Waals surface area contributed by atoms with Crippen LogP contribution in [-0.2, 0) is 16.6 Å². The van der Waals surface area contributed by atoms with Crippen LogP contribution in [0.15, 0.2) is 47.3 Å². The standard InChI is InChI=1S/C22H21N3O3/c1-11-19(22(28)25(23(11)2)12-6-4-3-5-7-12)24-20(26)17-13-8-9-14(16-10-15(13)16)18(17)21(24)27/h3-9,13-18H,10H2,1-2H3/t13-,14-,15-,16-,17-,18+/m0/s1. The monoisotopic (exact) mass is 375 g/mol. The Morgan fingerprint density at radius 1 is 0.893 bits per heavy atom. The van der Waals surface area contributed by atoms with Gasteiger partial charge in [0.05, 0.1) is 23.2 Å². The van der Waals surface area contributed by atoms with Crippen molar-refractivity contribution in [3.8, 4) is 5.69 Å². The van der Waals surface area contributed by atoms with Gasteiger partial charge in [-0.2, -0.15) is 0 Å². The summed E-state index contributed by atoms with van der Waals surface area (Å²) >= 11 is 0. The fourth-order valence-electron chi connectivity index (χ4n) is 5.99. The summed E-state index contributed by atoms with van der Waals surface area (Å²) in [6, 6.07) is 9.29. The summed E-state index contributed by atoms with van der Waals surface area (Å²) < 4.78 is 3.25. The second-order valence-electron chi connectivity index (χ2n) is 8.58. The second-order valence-corrected chi connectivity index (χ2v) is 8.58. The van der Waals surface area contributed by atoms with Gasteiger partial charge in [0.1, 0.15) is 5.69 Å². The number of benzene rings is 1. The molecule has 0 unspecified atom stereocenters. The average molecular weight is 375 g/mol. The van der Waals surface area contributed by atoms with Gasteiger partial charge in [0, 0.05) is 7.05 Å². The van der Waals surface area contributed by atoms with Gasteiger partial charge >= 0.3 is 0 Å². The SMILES string of the molecule is Cc1c(N2C(=O)[C@@H]3[C@H]4C=C[C@@H]([C@@H]5C[C@@H]45)[C@@H]3C2=O)c(=O)n(-c2ccccc2)n1C. The smallest absolute Gasteiger partial charge is 0.283 e. The Morgan fingerprint density at radius 3 is 2.04 bits per heavy atom. The van der Waals surface area contributed by atoms with Gasteiger partial charge in [-0.15, -0.1) is 0 Å². The number of carbonyl (C=O) groups is 2. The Kier molecular flexibility index (Phi) is 2.95. The van der Waals surface area contributed by atoms with E-state index in [0.717, 1.165) is 6.42 Å². The quantitative estimate of drug-likeness (QED) is 0.596. The van der Waals surface area contributed by atoms with E-state index in [2.05, 4.69) is 12.2 Å². The topological polar surface area (TPSA) is 64.3 Å². The summed E-state index contributed by atoms with van der Waals surface area (Å²) in [4.78, 5) is 41.3. The molecule has 5 aliphatic rings. The molecule has 2 amide bonds. The number of imide groups is 1. The number of amides is 2. The Hall–Kier alpha value is -2.89. The van der Waals surface area contributed by atoms with E-state index in [1.165, 1.54) is 9.58 Å². The molecule has 0 N–H and O–H groups in total. The first kappa shape index (κ1) is 16.1. The minimum atomic E-state index is -0.322. The third-order valence-corrected chi connectivity index (χ3v) is 7.41. The predicted molar refractivity (Wildman–Crippen MR) is 103 cm³/mol. The van der Waals surface area contributed by atoms with Crippen molar-refractivity contribution >= 4 is 17.5 Å². The summed E-state index contributed by atoms with van der Waals surface area (Å²) in [5, 5.41) is 0. The van der Waals surface area contributed by atoms with Gasteiger partial charge in [0.25, 0.3) is 5.56 Å². The third kappa shape index (κ3) is 1.76. The Balaban J connectivity index is 1.49. The van der Waals surface area contributed by atoms with E-state index >= 15 is 0 Å². The molecule has 1 saturated heterocycles. The van der Waals surface area contributed by atoms with Gasteiger partial charge < -0.3 is 0 Å². The highest BCUT2D eigenvalue weighted by Crippen LogP contribution is 2.65. The van der Waals surface area contributed by atoms with Gasteiger partial charge in [0.15, 0.2) is 0 Å². The number of nitrogens with zero attached hydrogens (tertiary/aromatic N) is 3. The molecule has 2 heterocycles. The molecule has 7 rings (SSSR count). The van der Waals surface area contributed by atoms with E-state index in [4.69, 9.17) is 0 Å². The largest absolute Gasteiger partial charge is 0.296 e. The Bertz CT molecular complexity index is 1090. The molecule has 6 atom stereocenters. The minimum Gasteiger partial charge on any atom is -0.283 e. The van der Waals surface area contributed by atoms with E-state index in [0.29, 0.717) is 23.2 Å². The predicted octanol–water partition coefficient (Wildman–Crippen LogP) is 2.04. The van der Waals surface area contributed by atoms with Crippen molar-refractivity contribution < 1.29 is 9.59 Å². The van der Waals surface area contributed by atoms with Crippen LogP contribution in [0.25, 0.3) is 5.69 Å². The van der Waals surface area contributed by atoms with E-state index in [1.807, 2.05) is 30.3 Å². The first-order chi connectivity index (χ1) is 13.5. The fraction of sp³-hybridized carbons (Fsp3) is 0.409. The molecular weight excluding hydrogens is 354 g/mol. The van der Waals surface area contributed by atoms with Gasteiger partial charge in [-0.1, -0.05) is 30.4 Å². The summed E-state index contributed by atoms with van der Waals surface area (Å²) in [5.41, 5.74) is 1.23. The zero-order valence-corrected chi connectivity index (χ0v) is 15.8. The van der Waals surface area contributed by atoms with Gasteiger partial charge in [-0.05, 0) is 49.1 Å². The number of rotatable bonds is 2. The maximum absolute atomic E-state index is 13.4.